The lowest BCUT2D eigenvalue weighted by Crippen LogP contribution is -2.59. The fourth-order valence-electron chi connectivity index (χ4n) is 3.69. The van der Waals surface area contributed by atoms with E-state index in [2.05, 4.69) is 22.0 Å². The molecule has 0 atom stereocenters. The number of carbonyl (C=O) groups is 2. The number of hydrogen-bond acceptors (Lipinski definition) is 5. The fourth-order valence-corrected chi connectivity index (χ4v) is 3.69. The average molecular weight is 380 g/mol. The molecule has 7 heteroatoms. The van der Waals surface area contributed by atoms with Crippen LogP contribution in [0.4, 0.5) is 5.69 Å². The van der Waals surface area contributed by atoms with E-state index in [0.29, 0.717) is 24.5 Å². The highest BCUT2D eigenvalue weighted by Crippen LogP contribution is 2.23. The summed E-state index contributed by atoms with van der Waals surface area (Å²) in [6.45, 7) is 4.07. The van der Waals surface area contributed by atoms with Gasteiger partial charge in [-0.1, -0.05) is 18.2 Å². The Morgan fingerprint density at radius 3 is 2.29 bits per heavy atom. The first kappa shape index (κ1) is 18.3. The molecule has 2 fully saturated rings. The van der Waals surface area contributed by atoms with Crippen LogP contribution in [0, 0.1) is 5.92 Å². The van der Waals surface area contributed by atoms with Gasteiger partial charge in [-0.25, -0.2) is 4.98 Å². The molecule has 3 heterocycles. The first-order valence-electron chi connectivity index (χ1n) is 9.54. The molecule has 0 radical (unpaired) electrons. The summed E-state index contributed by atoms with van der Waals surface area (Å²) in [5.74, 6) is 0.444. The number of amides is 2. The molecule has 1 aromatic heterocycles. The van der Waals surface area contributed by atoms with Crippen molar-refractivity contribution in [3.63, 3.8) is 0 Å². The van der Waals surface area contributed by atoms with Gasteiger partial charge in [0.25, 0.3) is 5.91 Å². The summed E-state index contributed by atoms with van der Waals surface area (Å²) in [6.07, 6.45) is 1.51. The highest BCUT2D eigenvalue weighted by atomic mass is 16.5. The summed E-state index contributed by atoms with van der Waals surface area (Å²) < 4.78 is 5.01. The molecule has 0 N–H and O–H groups in total. The van der Waals surface area contributed by atoms with E-state index in [4.69, 9.17) is 4.74 Å². The Kier molecular flexibility index (Phi) is 5.14. The van der Waals surface area contributed by atoms with E-state index in [-0.39, 0.29) is 17.7 Å². The minimum atomic E-state index is -0.0987. The summed E-state index contributed by atoms with van der Waals surface area (Å²) in [5, 5.41) is 0. The zero-order chi connectivity index (χ0) is 19.5. The van der Waals surface area contributed by atoms with Gasteiger partial charge in [-0.15, -0.1) is 0 Å². The van der Waals surface area contributed by atoms with E-state index in [1.165, 1.54) is 19.0 Å². The Morgan fingerprint density at radius 1 is 0.964 bits per heavy atom. The molecular weight excluding hydrogens is 356 g/mol. The monoisotopic (exact) mass is 380 g/mol. The van der Waals surface area contributed by atoms with Crippen molar-refractivity contribution < 1.29 is 14.3 Å². The molecule has 2 aromatic rings. The number of benzene rings is 1. The topological polar surface area (TPSA) is 66.0 Å². The molecule has 2 aliphatic rings. The number of nitrogens with zero attached hydrogens (tertiary/aromatic N) is 4. The molecule has 0 unspecified atom stereocenters. The van der Waals surface area contributed by atoms with Crippen molar-refractivity contribution in [1.82, 2.24) is 14.8 Å². The van der Waals surface area contributed by atoms with E-state index in [0.717, 1.165) is 26.2 Å². The number of hydrogen-bond donors (Lipinski definition) is 0. The molecule has 7 nitrogen and oxygen atoms in total. The van der Waals surface area contributed by atoms with E-state index in [9.17, 15) is 9.59 Å². The number of anilines is 1. The second-order valence-corrected chi connectivity index (χ2v) is 7.14. The van der Waals surface area contributed by atoms with Gasteiger partial charge in [0.15, 0.2) is 0 Å². The Bertz CT molecular complexity index is 826. The minimum Gasteiger partial charge on any atom is -0.481 e. The number of rotatable bonds is 4. The Morgan fingerprint density at radius 2 is 1.68 bits per heavy atom. The number of carbonyl (C=O) groups excluding carboxylic acids is 2. The van der Waals surface area contributed by atoms with Gasteiger partial charge in [0.2, 0.25) is 11.8 Å². The lowest BCUT2D eigenvalue weighted by Gasteiger charge is -2.43. The van der Waals surface area contributed by atoms with Crippen LogP contribution in [0.3, 0.4) is 0 Å². The molecule has 1 aromatic carbocycles. The number of para-hydroxylation sites is 1. The summed E-state index contributed by atoms with van der Waals surface area (Å²) in [7, 11) is 1.54. The zero-order valence-corrected chi connectivity index (χ0v) is 16.0. The van der Waals surface area contributed by atoms with Crippen LogP contribution in [0.25, 0.3) is 0 Å². The van der Waals surface area contributed by atoms with Crippen molar-refractivity contribution in [2.75, 3.05) is 51.3 Å². The van der Waals surface area contributed by atoms with E-state index in [1.54, 1.807) is 17.0 Å². The van der Waals surface area contributed by atoms with Crippen LogP contribution in [0.15, 0.2) is 48.7 Å². The van der Waals surface area contributed by atoms with Crippen molar-refractivity contribution in [1.29, 1.82) is 0 Å². The predicted octanol–water partition coefficient (Wildman–Crippen LogP) is 1.51. The fraction of sp³-hybridized carbons (Fsp3) is 0.381. The van der Waals surface area contributed by atoms with E-state index in [1.807, 2.05) is 23.1 Å². The maximum absolute atomic E-state index is 12.8. The molecular formula is C21H24N4O3. The Balaban J connectivity index is 1.26. The molecule has 0 bridgehead atoms. The normalized spacial score (nSPS) is 17.2. The van der Waals surface area contributed by atoms with Crippen LogP contribution in [0.1, 0.15) is 10.4 Å². The van der Waals surface area contributed by atoms with Crippen LogP contribution in [-0.4, -0.2) is 73.0 Å². The van der Waals surface area contributed by atoms with Gasteiger partial charge in [0, 0.05) is 57.2 Å². The van der Waals surface area contributed by atoms with Gasteiger partial charge >= 0.3 is 0 Å². The maximum Gasteiger partial charge on any atom is 0.255 e. The third kappa shape index (κ3) is 3.65. The van der Waals surface area contributed by atoms with Crippen molar-refractivity contribution in [2.45, 2.75) is 0 Å². The highest BCUT2D eigenvalue weighted by Gasteiger charge is 2.38. The van der Waals surface area contributed by atoms with Crippen LogP contribution in [0.2, 0.25) is 0 Å². The number of pyridine rings is 1. The van der Waals surface area contributed by atoms with Crippen molar-refractivity contribution in [2.24, 2.45) is 5.92 Å². The van der Waals surface area contributed by atoms with Gasteiger partial charge in [-0.2, -0.15) is 0 Å². The van der Waals surface area contributed by atoms with Crippen molar-refractivity contribution >= 4 is 17.5 Å². The van der Waals surface area contributed by atoms with Crippen LogP contribution < -0.4 is 9.64 Å². The molecule has 146 valence electrons. The molecule has 0 aliphatic carbocycles. The second-order valence-electron chi connectivity index (χ2n) is 7.14. The summed E-state index contributed by atoms with van der Waals surface area (Å²) in [5.41, 5.74) is 1.71. The first-order valence-corrected chi connectivity index (χ1v) is 9.54. The number of aromatic nitrogens is 1. The maximum atomic E-state index is 12.8. The van der Waals surface area contributed by atoms with Crippen LogP contribution in [-0.2, 0) is 4.79 Å². The standard InChI is InChI=1S/C21H24N4O3/c1-28-19-8-7-16(13-22-19)20(26)25-14-17(15-25)21(27)24-11-9-23(10-12-24)18-5-3-2-4-6-18/h2-8,13,17H,9-12,14-15H2,1H3. The molecule has 2 amide bonds. The second kappa shape index (κ2) is 7.88. The van der Waals surface area contributed by atoms with Gasteiger partial charge < -0.3 is 19.4 Å². The molecule has 0 spiro atoms. The SMILES string of the molecule is COc1ccc(C(=O)N2CC(C(=O)N3CCN(c4ccccc4)CC3)C2)cn1. The predicted molar refractivity (Wildman–Crippen MR) is 105 cm³/mol. The number of methoxy groups -OCH3 is 1. The first-order chi connectivity index (χ1) is 13.7. The number of piperazine rings is 1. The number of ether oxygens (including phenoxy) is 1. The Hall–Kier alpha value is -3.09. The third-order valence-corrected chi connectivity index (χ3v) is 5.42. The molecule has 28 heavy (non-hydrogen) atoms. The highest BCUT2D eigenvalue weighted by molar-refractivity contribution is 5.95. The smallest absolute Gasteiger partial charge is 0.255 e. The lowest BCUT2D eigenvalue weighted by atomic mass is 9.97. The molecule has 2 saturated heterocycles. The minimum absolute atomic E-state index is 0.0897. The number of likely N-dealkylation sites (tertiary alicyclic amines) is 1. The van der Waals surface area contributed by atoms with Crippen LogP contribution >= 0.6 is 0 Å². The van der Waals surface area contributed by atoms with Gasteiger partial charge in [-0.05, 0) is 18.2 Å². The average Bonchev–Trinajstić information content (AvgIpc) is 2.73. The molecule has 4 rings (SSSR count). The summed E-state index contributed by atoms with van der Waals surface area (Å²) in [4.78, 5) is 35.2. The van der Waals surface area contributed by atoms with E-state index >= 15 is 0 Å². The summed E-state index contributed by atoms with van der Waals surface area (Å²) >= 11 is 0. The third-order valence-electron chi connectivity index (χ3n) is 5.42. The largest absolute Gasteiger partial charge is 0.481 e. The van der Waals surface area contributed by atoms with Crippen molar-refractivity contribution in [3.05, 3.63) is 54.2 Å². The van der Waals surface area contributed by atoms with Gasteiger partial charge in [0.1, 0.15) is 0 Å². The van der Waals surface area contributed by atoms with Gasteiger partial charge in [0.05, 0.1) is 18.6 Å². The zero-order valence-electron chi connectivity index (χ0n) is 16.0. The molecule has 2 aliphatic heterocycles. The lowest BCUT2D eigenvalue weighted by molar-refractivity contribution is -0.140. The Labute approximate surface area is 164 Å². The quantitative estimate of drug-likeness (QED) is 0.805. The van der Waals surface area contributed by atoms with Crippen LogP contribution in [0.5, 0.6) is 5.88 Å². The van der Waals surface area contributed by atoms with E-state index < -0.39 is 0 Å². The molecule has 0 saturated carbocycles. The van der Waals surface area contributed by atoms with Gasteiger partial charge in [-0.3, -0.25) is 9.59 Å². The van der Waals surface area contributed by atoms with Crippen molar-refractivity contribution in [3.8, 4) is 5.88 Å². The summed E-state index contributed by atoms with van der Waals surface area (Å²) in [6, 6.07) is 13.6.